The number of aliphatic hydroxyl groups excluding tert-OH is 2. The first kappa shape index (κ1) is 21.9. The van der Waals surface area contributed by atoms with E-state index in [0.717, 1.165) is 12.8 Å². The molecule has 3 heteroatoms. The monoisotopic (exact) mass is 315 g/mol. The minimum Gasteiger partial charge on any atom is -0.393 e. The van der Waals surface area contributed by atoms with Crippen molar-refractivity contribution < 1.29 is 10.2 Å². The van der Waals surface area contributed by atoms with Gasteiger partial charge >= 0.3 is 0 Å². The Hall–Kier alpha value is -0.120. The first-order valence-electron chi connectivity index (χ1n) is 9.68. The molecule has 22 heavy (non-hydrogen) atoms. The highest BCUT2D eigenvalue weighted by atomic mass is 16.3. The van der Waals surface area contributed by atoms with Gasteiger partial charge in [0.25, 0.3) is 0 Å². The number of hydrogen-bond donors (Lipinski definition) is 3. The van der Waals surface area contributed by atoms with Crippen molar-refractivity contribution in [2.75, 3.05) is 6.54 Å². The van der Waals surface area contributed by atoms with E-state index in [4.69, 9.17) is 5.73 Å². The molecule has 3 unspecified atom stereocenters. The van der Waals surface area contributed by atoms with Crippen molar-refractivity contribution in [3.63, 3.8) is 0 Å². The van der Waals surface area contributed by atoms with E-state index in [1.54, 1.807) is 0 Å². The van der Waals surface area contributed by atoms with E-state index in [-0.39, 0.29) is 12.0 Å². The maximum absolute atomic E-state index is 9.91. The van der Waals surface area contributed by atoms with Crippen LogP contribution in [0.2, 0.25) is 0 Å². The number of nitrogens with two attached hydrogens (primary N) is 1. The third-order valence-electron chi connectivity index (χ3n) is 4.68. The number of hydrogen-bond acceptors (Lipinski definition) is 3. The summed E-state index contributed by atoms with van der Waals surface area (Å²) in [6.45, 7) is 4.67. The minimum atomic E-state index is -0.465. The minimum absolute atomic E-state index is 0.0759. The Kier molecular flexibility index (Phi) is 15.7. The predicted octanol–water partition coefficient (Wildman–Crippen LogP) is 4.39. The molecular weight excluding hydrogens is 274 g/mol. The van der Waals surface area contributed by atoms with Gasteiger partial charge in [0.05, 0.1) is 12.2 Å². The highest BCUT2D eigenvalue weighted by Crippen LogP contribution is 2.15. The van der Waals surface area contributed by atoms with Crippen LogP contribution in [0, 0.1) is 5.92 Å². The summed E-state index contributed by atoms with van der Waals surface area (Å²) in [5, 5.41) is 19.7. The second-order valence-corrected chi connectivity index (χ2v) is 6.99. The summed E-state index contributed by atoms with van der Waals surface area (Å²) in [6.07, 6.45) is 15.0. The molecule has 3 nitrogen and oxygen atoms in total. The zero-order valence-corrected chi connectivity index (χ0v) is 15.1. The Balaban J connectivity index is 3.28. The van der Waals surface area contributed by atoms with Crippen LogP contribution in [0.3, 0.4) is 0 Å². The van der Waals surface area contributed by atoms with Gasteiger partial charge in [0.1, 0.15) is 0 Å². The molecule has 0 aromatic carbocycles. The van der Waals surface area contributed by atoms with E-state index in [2.05, 4.69) is 6.92 Å². The third-order valence-corrected chi connectivity index (χ3v) is 4.68. The van der Waals surface area contributed by atoms with E-state index in [0.29, 0.717) is 13.0 Å². The number of rotatable bonds is 16. The average Bonchev–Trinajstić information content (AvgIpc) is 2.51. The Morgan fingerprint density at radius 2 is 1.23 bits per heavy atom. The van der Waals surface area contributed by atoms with Crippen molar-refractivity contribution >= 4 is 0 Å². The molecule has 0 aromatic rings. The molecule has 0 saturated carbocycles. The van der Waals surface area contributed by atoms with Crippen molar-refractivity contribution in [2.45, 2.75) is 110 Å². The fourth-order valence-electron chi connectivity index (χ4n) is 2.83. The van der Waals surface area contributed by atoms with E-state index in [1.807, 2.05) is 6.92 Å². The van der Waals surface area contributed by atoms with Crippen molar-refractivity contribution in [2.24, 2.45) is 11.7 Å². The Bertz CT molecular complexity index is 223. The predicted molar refractivity (Wildman–Crippen MR) is 95.9 cm³/mol. The van der Waals surface area contributed by atoms with Crippen molar-refractivity contribution in [1.82, 2.24) is 0 Å². The first-order valence-corrected chi connectivity index (χ1v) is 9.68. The van der Waals surface area contributed by atoms with Crippen LogP contribution in [0.1, 0.15) is 97.3 Å². The fourth-order valence-corrected chi connectivity index (χ4v) is 2.83. The summed E-state index contributed by atoms with van der Waals surface area (Å²) in [6, 6.07) is 0. The molecular formula is C19H41NO2. The molecule has 0 saturated heterocycles. The van der Waals surface area contributed by atoms with Crippen LogP contribution >= 0.6 is 0 Å². The summed E-state index contributed by atoms with van der Waals surface area (Å²) in [5.74, 6) is 0.0759. The van der Waals surface area contributed by atoms with E-state index >= 15 is 0 Å². The summed E-state index contributed by atoms with van der Waals surface area (Å²) in [7, 11) is 0. The quantitative estimate of drug-likeness (QED) is 0.370. The van der Waals surface area contributed by atoms with Crippen LogP contribution in [-0.2, 0) is 0 Å². The maximum atomic E-state index is 9.91. The zero-order chi connectivity index (χ0) is 16.6. The molecule has 0 rings (SSSR count). The molecule has 0 spiro atoms. The summed E-state index contributed by atoms with van der Waals surface area (Å²) < 4.78 is 0. The highest BCUT2D eigenvalue weighted by Gasteiger charge is 2.16. The highest BCUT2D eigenvalue weighted by molar-refractivity contribution is 4.69. The average molecular weight is 316 g/mol. The van der Waals surface area contributed by atoms with E-state index < -0.39 is 6.10 Å². The molecule has 0 aromatic heterocycles. The molecule has 0 amide bonds. The molecule has 0 aliphatic heterocycles. The topological polar surface area (TPSA) is 66.5 Å². The summed E-state index contributed by atoms with van der Waals surface area (Å²) in [4.78, 5) is 0. The zero-order valence-electron chi connectivity index (χ0n) is 15.1. The molecule has 0 aliphatic carbocycles. The summed E-state index contributed by atoms with van der Waals surface area (Å²) in [5.41, 5.74) is 5.52. The Morgan fingerprint density at radius 3 is 1.68 bits per heavy atom. The first-order chi connectivity index (χ1) is 10.6. The Morgan fingerprint density at radius 1 is 0.773 bits per heavy atom. The number of unbranched alkanes of at least 4 members (excludes halogenated alkanes) is 10. The summed E-state index contributed by atoms with van der Waals surface area (Å²) >= 11 is 0. The van der Waals surface area contributed by atoms with Gasteiger partial charge in [0, 0.05) is 0 Å². The third kappa shape index (κ3) is 13.5. The van der Waals surface area contributed by atoms with Crippen molar-refractivity contribution in [3.05, 3.63) is 0 Å². The lowest BCUT2D eigenvalue weighted by atomic mass is 9.96. The van der Waals surface area contributed by atoms with Crippen LogP contribution in [-0.4, -0.2) is 29.0 Å². The standard InChI is InChI=1S/C19H41NO2/c1-3-4-5-6-7-8-9-10-11-12-13-14-18(21)15-19(22)17(2)16-20/h17-19,21-22H,3-16,20H2,1-2H3. The van der Waals surface area contributed by atoms with Crippen LogP contribution in [0.15, 0.2) is 0 Å². The number of aliphatic hydroxyl groups is 2. The van der Waals surface area contributed by atoms with Crippen LogP contribution in [0.25, 0.3) is 0 Å². The molecule has 4 N–H and O–H groups in total. The lowest BCUT2D eigenvalue weighted by Crippen LogP contribution is -2.29. The van der Waals surface area contributed by atoms with Crippen molar-refractivity contribution in [3.8, 4) is 0 Å². The van der Waals surface area contributed by atoms with Crippen LogP contribution in [0.4, 0.5) is 0 Å². The smallest absolute Gasteiger partial charge is 0.0602 e. The fraction of sp³-hybridized carbons (Fsp3) is 1.00. The van der Waals surface area contributed by atoms with Gasteiger partial charge in [0.15, 0.2) is 0 Å². The van der Waals surface area contributed by atoms with Gasteiger partial charge in [0.2, 0.25) is 0 Å². The molecule has 0 bridgehead atoms. The van der Waals surface area contributed by atoms with Gasteiger partial charge in [-0.2, -0.15) is 0 Å². The van der Waals surface area contributed by atoms with Gasteiger partial charge in [-0.25, -0.2) is 0 Å². The van der Waals surface area contributed by atoms with Crippen molar-refractivity contribution in [1.29, 1.82) is 0 Å². The SMILES string of the molecule is CCCCCCCCCCCCCC(O)CC(O)C(C)CN. The van der Waals surface area contributed by atoms with Gasteiger partial charge in [-0.1, -0.05) is 84.5 Å². The van der Waals surface area contributed by atoms with Gasteiger partial charge in [-0.15, -0.1) is 0 Å². The van der Waals surface area contributed by atoms with E-state index in [1.165, 1.54) is 64.2 Å². The van der Waals surface area contributed by atoms with Crippen LogP contribution in [0.5, 0.6) is 0 Å². The second kappa shape index (κ2) is 15.8. The normalized spacial score (nSPS) is 15.7. The molecule has 0 heterocycles. The lowest BCUT2D eigenvalue weighted by molar-refractivity contribution is 0.0464. The lowest BCUT2D eigenvalue weighted by Gasteiger charge is -2.20. The van der Waals surface area contributed by atoms with Crippen LogP contribution < -0.4 is 5.73 Å². The Labute approximate surface area is 138 Å². The molecule has 134 valence electrons. The molecule has 3 atom stereocenters. The van der Waals surface area contributed by atoms with Gasteiger partial charge < -0.3 is 15.9 Å². The molecule has 0 aliphatic rings. The largest absolute Gasteiger partial charge is 0.393 e. The van der Waals surface area contributed by atoms with Gasteiger partial charge in [-0.3, -0.25) is 0 Å². The molecule has 0 radical (unpaired) electrons. The maximum Gasteiger partial charge on any atom is 0.0602 e. The molecule has 0 fully saturated rings. The van der Waals surface area contributed by atoms with E-state index in [9.17, 15) is 10.2 Å². The van der Waals surface area contributed by atoms with Gasteiger partial charge in [-0.05, 0) is 25.3 Å². The second-order valence-electron chi connectivity index (χ2n) is 6.99.